The van der Waals surface area contributed by atoms with E-state index in [1.54, 1.807) is 0 Å². The molecule has 0 aromatic carbocycles. The Morgan fingerprint density at radius 3 is 2.64 bits per heavy atom. The molecule has 0 spiro atoms. The topological polar surface area (TPSA) is 93.4 Å². The number of rotatable bonds is 4. The predicted octanol–water partition coefficient (Wildman–Crippen LogP) is 1.97. The van der Waals surface area contributed by atoms with Crippen LogP contribution in [-0.4, -0.2) is 47.2 Å². The lowest BCUT2D eigenvalue weighted by atomic mass is 9.95. The summed E-state index contributed by atoms with van der Waals surface area (Å²) in [6.45, 7) is 2.35. The summed E-state index contributed by atoms with van der Waals surface area (Å²) in [7, 11) is 0. The maximum absolute atomic E-state index is 11.6. The van der Waals surface area contributed by atoms with Gasteiger partial charge in [0.15, 0.2) is 0 Å². The van der Waals surface area contributed by atoms with Crippen molar-refractivity contribution in [2.75, 3.05) is 36.5 Å². The monoisotopic (exact) mass is 307 g/mol. The Morgan fingerprint density at radius 2 is 1.95 bits per heavy atom. The van der Waals surface area contributed by atoms with E-state index >= 15 is 0 Å². The lowest BCUT2D eigenvalue weighted by molar-refractivity contribution is -0.383. The summed E-state index contributed by atoms with van der Waals surface area (Å²) in [5.41, 5.74) is -0.0185. The van der Waals surface area contributed by atoms with Gasteiger partial charge in [0.1, 0.15) is 6.33 Å². The minimum absolute atomic E-state index is 0.0185. The average molecular weight is 307 g/mol. The Bertz CT molecular complexity index is 527. The summed E-state index contributed by atoms with van der Waals surface area (Å²) >= 11 is 0. The van der Waals surface area contributed by atoms with E-state index < -0.39 is 0 Å². The molecule has 1 aliphatic carbocycles. The Labute approximate surface area is 129 Å². The van der Waals surface area contributed by atoms with Gasteiger partial charge < -0.3 is 15.0 Å². The van der Waals surface area contributed by atoms with Crippen molar-refractivity contribution in [1.29, 1.82) is 0 Å². The molecule has 0 unspecified atom stereocenters. The molecule has 8 heteroatoms. The first-order valence-corrected chi connectivity index (χ1v) is 7.84. The quantitative estimate of drug-likeness (QED) is 0.671. The van der Waals surface area contributed by atoms with Crippen LogP contribution in [0.1, 0.15) is 32.1 Å². The van der Waals surface area contributed by atoms with Gasteiger partial charge in [0.05, 0.1) is 18.1 Å². The predicted molar refractivity (Wildman–Crippen MR) is 82.2 cm³/mol. The fraction of sp³-hybridized carbons (Fsp3) is 0.714. The second-order valence-electron chi connectivity index (χ2n) is 5.73. The van der Waals surface area contributed by atoms with Crippen molar-refractivity contribution >= 4 is 17.3 Å². The molecular weight excluding hydrogens is 286 g/mol. The zero-order valence-corrected chi connectivity index (χ0v) is 12.5. The maximum atomic E-state index is 11.6. The summed E-state index contributed by atoms with van der Waals surface area (Å²) in [6, 6.07) is 0.264. The van der Waals surface area contributed by atoms with Gasteiger partial charge in [-0.15, -0.1) is 0 Å². The van der Waals surface area contributed by atoms with Crippen LogP contribution in [0, 0.1) is 10.1 Å². The van der Waals surface area contributed by atoms with E-state index in [0.717, 1.165) is 25.7 Å². The molecule has 1 aliphatic heterocycles. The number of ether oxygens (including phenoxy) is 1. The first-order chi connectivity index (χ1) is 10.8. The van der Waals surface area contributed by atoms with Crippen molar-refractivity contribution in [3.8, 4) is 0 Å². The third-order valence-corrected chi connectivity index (χ3v) is 4.24. The molecule has 1 aromatic heterocycles. The van der Waals surface area contributed by atoms with Crippen LogP contribution in [0.2, 0.25) is 0 Å². The van der Waals surface area contributed by atoms with Gasteiger partial charge in [-0.05, 0) is 12.8 Å². The molecule has 0 radical (unpaired) electrons. The summed E-state index contributed by atoms with van der Waals surface area (Å²) < 4.78 is 5.30. The Morgan fingerprint density at radius 1 is 1.23 bits per heavy atom. The van der Waals surface area contributed by atoms with Crippen LogP contribution in [0.5, 0.6) is 0 Å². The molecule has 1 N–H and O–H groups in total. The first-order valence-electron chi connectivity index (χ1n) is 7.84. The van der Waals surface area contributed by atoms with Crippen LogP contribution >= 0.6 is 0 Å². The van der Waals surface area contributed by atoms with E-state index in [-0.39, 0.29) is 16.7 Å². The lowest BCUT2D eigenvalue weighted by Crippen LogP contribution is -2.37. The minimum Gasteiger partial charge on any atom is -0.378 e. The fourth-order valence-electron chi connectivity index (χ4n) is 3.09. The van der Waals surface area contributed by atoms with Crippen molar-refractivity contribution in [3.63, 3.8) is 0 Å². The Hall–Kier alpha value is -1.96. The third kappa shape index (κ3) is 3.27. The number of anilines is 2. The largest absolute Gasteiger partial charge is 0.378 e. The van der Waals surface area contributed by atoms with E-state index in [9.17, 15) is 10.1 Å². The van der Waals surface area contributed by atoms with Gasteiger partial charge in [-0.1, -0.05) is 19.3 Å². The third-order valence-electron chi connectivity index (χ3n) is 4.24. The number of nitrogens with one attached hydrogen (secondary N) is 1. The van der Waals surface area contributed by atoms with E-state index in [1.165, 1.54) is 12.7 Å². The van der Waals surface area contributed by atoms with Crippen molar-refractivity contribution < 1.29 is 9.66 Å². The fourth-order valence-corrected chi connectivity index (χ4v) is 3.09. The molecule has 1 saturated carbocycles. The van der Waals surface area contributed by atoms with Gasteiger partial charge in [0.25, 0.3) is 0 Å². The SMILES string of the molecule is O=[N+]([O-])c1c(NC2CCCCC2)ncnc1N1CCOCC1. The molecule has 0 amide bonds. The van der Waals surface area contributed by atoms with Crippen molar-refractivity contribution in [3.05, 3.63) is 16.4 Å². The number of nitrogens with zero attached hydrogens (tertiary/aromatic N) is 4. The molecule has 120 valence electrons. The first kappa shape index (κ1) is 15.0. The van der Waals surface area contributed by atoms with Gasteiger partial charge >= 0.3 is 5.69 Å². The highest BCUT2D eigenvalue weighted by molar-refractivity contribution is 5.70. The molecule has 8 nitrogen and oxygen atoms in total. The number of aromatic nitrogens is 2. The standard InChI is InChI=1S/C14H21N5O3/c20-19(21)12-13(17-11-4-2-1-3-5-11)15-10-16-14(12)18-6-8-22-9-7-18/h10-11H,1-9H2,(H,15,16,17). The average Bonchev–Trinajstić information content (AvgIpc) is 2.56. The Kier molecular flexibility index (Phi) is 4.67. The number of nitro groups is 1. The highest BCUT2D eigenvalue weighted by Gasteiger charge is 2.29. The molecule has 0 bridgehead atoms. The molecular formula is C14H21N5O3. The summed E-state index contributed by atoms with van der Waals surface area (Å²) in [4.78, 5) is 21.4. The lowest BCUT2D eigenvalue weighted by Gasteiger charge is -2.28. The smallest absolute Gasteiger partial charge is 0.353 e. The minimum atomic E-state index is -0.379. The maximum Gasteiger partial charge on any atom is 0.353 e. The summed E-state index contributed by atoms with van der Waals surface area (Å²) in [5, 5.41) is 14.8. The highest BCUT2D eigenvalue weighted by atomic mass is 16.6. The van der Waals surface area contributed by atoms with Gasteiger partial charge in [-0.2, -0.15) is 0 Å². The van der Waals surface area contributed by atoms with Crippen LogP contribution in [-0.2, 0) is 4.74 Å². The molecule has 1 aromatic rings. The van der Waals surface area contributed by atoms with Gasteiger partial charge in [-0.25, -0.2) is 9.97 Å². The van der Waals surface area contributed by atoms with Gasteiger partial charge in [0.2, 0.25) is 11.6 Å². The van der Waals surface area contributed by atoms with Crippen LogP contribution in [0.15, 0.2) is 6.33 Å². The van der Waals surface area contributed by atoms with Crippen molar-refractivity contribution in [1.82, 2.24) is 9.97 Å². The zero-order valence-electron chi connectivity index (χ0n) is 12.5. The highest BCUT2D eigenvalue weighted by Crippen LogP contribution is 2.33. The van der Waals surface area contributed by atoms with Crippen LogP contribution in [0.4, 0.5) is 17.3 Å². The van der Waals surface area contributed by atoms with Gasteiger partial charge in [-0.3, -0.25) is 10.1 Å². The van der Waals surface area contributed by atoms with Crippen molar-refractivity contribution in [2.24, 2.45) is 0 Å². The second kappa shape index (κ2) is 6.87. The summed E-state index contributed by atoms with van der Waals surface area (Å²) in [6.07, 6.45) is 7.04. The normalized spacial score (nSPS) is 19.9. The number of morpholine rings is 1. The van der Waals surface area contributed by atoms with Crippen molar-refractivity contribution in [2.45, 2.75) is 38.1 Å². The molecule has 1 saturated heterocycles. The van der Waals surface area contributed by atoms with E-state index in [2.05, 4.69) is 15.3 Å². The van der Waals surface area contributed by atoms with E-state index in [1.807, 2.05) is 4.90 Å². The number of hydrogen-bond acceptors (Lipinski definition) is 7. The molecule has 0 atom stereocenters. The van der Waals surface area contributed by atoms with E-state index in [0.29, 0.717) is 37.9 Å². The van der Waals surface area contributed by atoms with Crippen LogP contribution in [0.3, 0.4) is 0 Å². The number of hydrogen-bond donors (Lipinski definition) is 1. The van der Waals surface area contributed by atoms with Gasteiger partial charge in [0, 0.05) is 19.1 Å². The van der Waals surface area contributed by atoms with E-state index in [4.69, 9.17) is 4.74 Å². The van der Waals surface area contributed by atoms with Crippen LogP contribution < -0.4 is 10.2 Å². The molecule has 2 heterocycles. The summed E-state index contributed by atoms with van der Waals surface area (Å²) in [5.74, 6) is 0.731. The molecule has 22 heavy (non-hydrogen) atoms. The Balaban J connectivity index is 1.86. The second-order valence-corrected chi connectivity index (χ2v) is 5.73. The molecule has 2 aliphatic rings. The van der Waals surface area contributed by atoms with Crippen LogP contribution in [0.25, 0.3) is 0 Å². The molecule has 2 fully saturated rings. The molecule has 3 rings (SSSR count). The zero-order chi connectivity index (χ0) is 15.4.